The highest BCUT2D eigenvalue weighted by Crippen LogP contribution is 2.23. The Bertz CT molecular complexity index is 1030. The van der Waals surface area contributed by atoms with Crippen LogP contribution in [0.5, 0.6) is 5.75 Å². The summed E-state index contributed by atoms with van der Waals surface area (Å²) in [5, 5.41) is 8.60. The van der Waals surface area contributed by atoms with E-state index in [4.69, 9.17) is 4.74 Å². The number of halogens is 2. The zero-order chi connectivity index (χ0) is 21.1. The number of aromatic nitrogens is 2. The highest BCUT2D eigenvalue weighted by Gasteiger charge is 2.27. The molecule has 0 atom stereocenters. The molecule has 1 aromatic heterocycles. The number of rotatable bonds is 4. The number of amides is 1. The van der Waals surface area contributed by atoms with Crippen molar-refractivity contribution in [2.75, 3.05) is 38.2 Å². The lowest BCUT2D eigenvalue weighted by atomic mass is 10.1. The number of hydrogen-bond donors (Lipinski definition) is 0. The van der Waals surface area contributed by atoms with Crippen molar-refractivity contribution in [3.05, 3.63) is 71.8 Å². The summed E-state index contributed by atoms with van der Waals surface area (Å²) in [4.78, 5) is 16.0. The molecule has 1 aliphatic heterocycles. The third kappa shape index (κ3) is 3.94. The molecule has 30 heavy (non-hydrogen) atoms. The predicted octanol–water partition coefficient (Wildman–Crippen LogP) is 3.39. The molecule has 2 heterocycles. The summed E-state index contributed by atoms with van der Waals surface area (Å²) in [6.45, 7) is 1.67. The number of benzene rings is 2. The molecule has 1 fully saturated rings. The summed E-state index contributed by atoms with van der Waals surface area (Å²) in [7, 11) is 1.61. The molecule has 0 bridgehead atoms. The lowest BCUT2D eigenvalue weighted by molar-refractivity contribution is 0.0736. The normalized spacial score (nSPS) is 14.0. The molecule has 1 aliphatic rings. The lowest BCUT2D eigenvalue weighted by Gasteiger charge is -2.35. The van der Waals surface area contributed by atoms with Crippen LogP contribution in [-0.4, -0.2) is 54.3 Å². The van der Waals surface area contributed by atoms with Gasteiger partial charge in [-0.05, 0) is 36.4 Å². The number of carbonyl (C=O) groups is 1. The van der Waals surface area contributed by atoms with E-state index in [9.17, 15) is 13.6 Å². The fraction of sp³-hybridized carbons (Fsp3) is 0.227. The van der Waals surface area contributed by atoms with Crippen LogP contribution in [0.3, 0.4) is 0 Å². The van der Waals surface area contributed by atoms with E-state index in [1.807, 2.05) is 41.3 Å². The molecule has 0 unspecified atom stereocenters. The Morgan fingerprint density at radius 3 is 2.27 bits per heavy atom. The maximum Gasteiger partial charge on any atom is 0.259 e. The average molecular weight is 410 g/mol. The van der Waals surface area contributed by atoms with Gasteiger partial charge < -0.3 is 14.5 Å². The largest absolute Gasteiger partial charge is 0.497 e. The molecular weight excluding hydrogens is 390 g/mol. The minimum Gasteiger partial charge on any atom is -0.497 e. The number of ether oxygens (including phenoxy) is 1. The van der Waals surface area contributed by atoms with E-state index in [2.05, 4.69) is 10.2 Å². The van der Waals surface area contributed by atoms with Crippen molar-refractivity contribution in [1.29, 1.82) is 0 Å². The van der Waals surface area contributed by atoms with E-state index in [0.717, 1.165) is 29.1 Å². The van der Waals surface area contributed by atoms with E-state index < -0.39 is 23.1 Å². The van der Waals surface area contributed by atoms with Gasteiger partial charge in [-0.2, -0.15) is 0 Å². The first-order valence-corrected chi connectivity index (χ1v) is 9.53. The summed E-state index contributed by atoms with van der Waals surface area (Å²) >= 11 is 0. The molecule has 1 saturated heterocycles. The van der Waals surface area contributed by atoms with Gasteiger partial charge in [-0.3, -0.25) is 4.79 Å². The number of methoxy groups -OCH3 is 1. The van der Waals surface area contributed by atoms with Gasteiger partial charge in [0, 0.05) is 31.7 Å². The molecular formula is C22H20F2N4O2. The molecule has 1 amide bonds. The minimum absolute atomic E-state index is 0.339. The van der Waals surface area contributed by atoms with Crippen LogP contribution in [0.4, 0.5) is 14.6 Å². The van der Waals surface area contributed by atoms with Crippen LogP contribution < -0.4 is 9.64 Å². The van der Waals surface area contributed by atoms with Crippen LogP contribution in [-0.2, 0) is 0 Å². The first kappa shape index (κ1) is 19.8. The zero-order valence-corrected chi connectivity index (χ0v) is 16.4. The molecule has 3 aromatic rings. The van der Waals surface area contributed by atoms with Gasteiger partial charge >= 0.3 is 0 Å². The maximum absolute atomic E-state index is 13.9. The van der Waals surface area contributed by atoms with E-state index in [0.29, 0.717) is 32.0 Å². The van der Waals surface area contributed by atoms with Crippen LogP contribution in [0.15, 0.2) is 54.6 Å². The Labute approximate surface area is 172 Å². The van der Waals surface area contributed by atoms with Crippen LogP contribution in [0.1, 0.15) is 10.4 Å². The van der Waals surface area contributed by atoms with Gasteiger partial charge in [0.15, 0.2) is 5.82 Å². The third-order valence-electron chi connectivity index (χ3n) is 5.08. The van der Waals surface area contributed by atoms with Gasteiger partial charge in [-0.1, -0.05) is 18.2 Å². The van der Waals surface area contributed by atoms with Crippen molar-refractivity contribution in [2.24, 2.45) is 0 Å². The number of hydrogen-bond acceptors (Lipinski definition) is 5. The summed E-state index contributed by atoms with van der Waals surface area (Å²) in [5.74, 6) is -0.899. The maximum atomic E-state index is 13.9. The summed E-state index contributed by atoms with van der Waals surface area (Å²) in [5.41, 5.74) is 1.12. The number of carbonyl (C=O) groups excluding carboxylic acids is 1. The molecule has 4 rings (SSSR count). The Morgan fingerprint density at radius 1 is 0.933 bits per heavy atom. The van der Waals surface area contributed by atoms with Crippen molar-refractivity contribution in [3.8, 4) is 17.0 Å². The lowest BCUT2D eigenvalue weighted by Crippen LogP contribution is -2.49. The fourth-order valence-electron chi connectivity index (χ4n) is 3.43. The third-order valence-corrected chi connectivity index (χ3v) is 5.08. The Balaban J connectivity index is 1.42. The van der Waals surface area contributed by atoms with E-state index >= 15 is 0 Å². The van der Waals surface area contributed by atoms with Gasteiger partial charge in [0.05, 0.1) is 12.8 Å². The number of piperazine rings is 1. The number of nitrogens with zero attached hydrogens (tertiary/aromatic N) is 4. The van der Waals surface area contributed by atoms with Crippen LogP contribution in [0, 0.1) is 11.6 Å². The molecule has 0 aliphatic carbocycles. The van der Waals surface area contributed by atoms with Crippen molar-refractivity contribution >= 4 is 11.7 Å². The van der Waals surface area contributed by atoms with Crippen molar-refractivity contribution in [2.45, 2.75) is 0 Å². The standard InChI is InChI=1S/C22H20F2N4O2/c1-30-16-5-2-4-15(14-16)19-8-9-20(26-25-19)27-10-12-28(13-11-27)22(29)21-17(23)6-3-7-18(21)24/h2-9,14H,10-13H2,1H3. The first-order valence-electron chi connectivity index (χ1n) is 9.53. The quantitative estimate of drug-likeness (QED) is 0.660. The monoisotopic (exact) mass is 410 g/mol. The molecule has 8 heteroatoms. The van der Waals surface area contributed by atoms with Crippen molar-refractivity contribution in [1.82, 2.24) is 15.1 Å². The summed E-state index contributed by atoms with van der Waals surface area (Å²) < 4.78 is 33.0. The van der Waals surface area contributed by atoms with Gasteiger partial charge in [-0.25, -0.2) is 8.78 Å². The van der Waals surface area contributed by atoms with E-state index in [1.54, 1.807) is 7.11 Å². The minimum atomic E-state index is -0.846. The topological polar surface area (TPSA) is 58.6 Å². The Morgan fingerprint density at radius 2 is 1.63 bits per heavy atom. The average Bonchev–Trinajstić information content (AvgIpc) is 2.79. The SMILES string of the molecule is COc1cccc(-c2ccc(N3CCN(C(=O)c4c(F)cccc4F)CC3)nn2)c1. The van der Waals surface area contributed by atoms with Crippen molar-refractivity contribution < 1.29 is 18.3 Å². The van der Waals surface area contributed by atoms with E-state index in [1.165, 1.54) is 11.0 Å². The van der Waals surface area contributed by atoms with Crippen molar-refractivity contribution in [3.63, 3.8) is 0 Å². The molecule has 6 nitrogen and oxygen atoms in total. The van der Waals surface area contributed by atoms with Crippen LogP contribution >= 0.6 is 0 Å². The van der Waals surface area contributed by atoms with Gasteiger partial charge in [0.25, 0.3) is 5.91 Å². The Kier molecular flexibility index (Phi) is 5.56. The summed E-state index contributed by atoms with van der Waals surface area (Å²) in [6.07, 6.45) is 0. The first-order chi connectivity index (χ1) is 14.6. The second-order valence-corrected chi connectivity index (χ2v) is 6.88. The highest BCUT2D eigenvalue weighted by atomic mass is 19.1. The molecule has 0 spiro atoms. The van der Waals surface area contributed by atoms with Gasteiger partial charge in [0.2, 0.25) is 0 Å². The number of anilines is 1. The molecule has 0 saturated carbocycles. The van der Waals surface area contributed by atoms with E-state index in [-0.39, 0.29) is 0 Å². The molecule has 154 valence electrons. The smallest absolute Gasteiger partial charge is 0.259 e. The predicted molar refractivity (Wildman–Crippen MR) is 108 cm³/mol. The molecule has 2 aromatic carbocycles. The second kappa shape index (κ2) is 8.44. The van der Waals surface area contributed by atoms with Crippen LogP contribution in [0.25, 0.3) is 11.3 Å². The second-order valence-electron chi connectivity index (χ2n) is 6.88. The van der Waals surface area contributed by atoms with Gasteiger partial charge in [-0.15, -0.1) is 10.2 Å². The summed E-state index contributed by atoms with van der Waals surface area (Å²) in [6, 6.07) is 14.7. The Hall–Kier alpha value is -3.55. The molecule has 0 radical (unpaired) electrons. The fourth-order valence-corrected chi connectivity index (χ4v) is 3.43. The molecule has 0 N–H and O–H groups in total. The van der Waals surface area contributed by atoms with Crippen LogP contribution in [0.2, 0.25) is 0 Å². The van der Waals surface area contributed by atoms with Gasteiger partial charge in [0.1, 0.15) is 22.9 Å². The zero-order valence-electron chi connectivity index (χ0n) is 16.4. The highest BCUT2D eigenvalue weighted by molar-refractivity contribution is 5.95.